The SMILES string of the molecule is CC(C)(C)OC(=O)N[C@H](CCCO)C(F)(F)F. The molecule has 17 heavy (non-hydrogen) atoms. The van der Waals surface area contributed by atoms with Gasteiger partial charge in [-0.25, -0.2) is 4.79 Å². The Morgan fingerprint density at radius 3 is 2.24 bits per heavy atom. The van der Waals surface area contributed by atoms with Crippen LogP contribution in [0.15, 0.2) is 0 Å². The predicted molar refractivity (Wildman–Crippen MR) is 55.5 cm³/mol. The van der Waals surface area contributed by atoms with E-state index >= 15 is 0 Å². The van der Waals surface area contributed by atoms with Gasteiger partial charge in [-0.15, -0.1) is 0 Å². The largest absolute Gasteiger partial charge is 0.444 e. The van der Waals surface area contributed by atoms with Crippen LogP contribution < -0.4 is 5.32 Å². The number of halogens is 3. The van der Waals surface area contributed by atoms with Crippen molar-refractivity contribution in [1.29, 1.82) is 0 Å². The van der Waals surface area contributed by atoms with E-state index in [4.69, 9.17) is 9.84 Å². The standard InChI is InChI=1S/C10H18F3NO3/c1-9(2,3)17-8(16)14-7(5-4-6-15)10(11,12)13/h7,15H,4-6H2,1-3H3,(H,14,16)/t7-/m1/s1. The van der Waals surface area contributed by atoms with Gasteiger partial charge in [0.15, 0.2) is 0 Å². The van der Waals surface area contributed by atoms with Crippen LogP contribution in [0.4, 0.5) is 18.0 Å². The highest BCUT2D eigenvalue weighted by atomic mass is 19.4. The van der Waals surface area contributed by atoms with Crippen molar-refractivity contribution >= 4 is 6.09 Å². The lowest BCUT2D eigenvalue weighted by Gasteiger charge is -2.24. The van der Waals surface area contributed by atoms with E-state index in [9.17, 15) is 18.0 Å². The van der Waals surface area contributed by atoms with E-state index in [0.717, 1.165) is 0 Å². The zero-order valence-corrected chi connectivity index (χ0v) is 10.1. The Bertz CT molecular complexity index is 248. The second-order valence-electron chi connectivity index (χ2n) is 4.61. The van der Waals surface area contributed by atoms with Gasteiger partial charge in [0.1, 0.15) is 11.6 Å². The van der Waals surface area contributed by atoms with Gasteiger partial charge in [0, 0.05) is 6.61 Å². The zero-order chi connectivity index (χ0) is 13.7. The highest BCUT2D eigenvalue weighted by Crippen LogP contribution is 2.23. The van der Waals surface area contributed by atoms with Gasteiger partial charge in [-0.1, -0.05) is 0 Å². The molecule has 0 aromatic carbocycles. The quantitative estimate of drug-likeness (QED) is 0.811. The van der Waals surface area contributed by atoms with Gasteiger partial charge in [-0.05, 0) is 33.6 Å². The number of rotatable bonds is 4. The van der Waals surface area contributed by atoms with Gasteiger partial charge in [0.2, 0.25) is 0 Å². The van der Waals surface area contributed by atoms with Crippen LogP contribution in [0, 0.1) is 0 Å². The molecule has 0 aliphatic rings. The van der Waals surface area contributed by atoms with E-state index in [-0.39, 0.29) is 19.4 Å². The summed E-state index contributed by atoms with van der Waals surface area (Å²) in [5.74, 6) is 0. The van der Waals surface area contributed by atoms with Crippen molar-refractivity contribution < 1.29 is 27.8 Å². The topological polar surface area (TPSA) is 58.6 Å². The van der Waals surface area contributed by atoms with E-state index in [1.807, 2.05) is 0 Å². The van der Waals surface area contributed by atoms with E-state index in [0.29, 0.717) is 0 Å². The lowest BCUT2D eigenvalue weighted by atomic mass is 10.1. The third-order valence-corrected chi connectivity index (χ3v) is 1.74. The van der Waals surface area contributed by atoms with Crippen LogP contribution >= 0.6 is 0 Å². The fourth-order valence-electron chi connectivity index (χ4n) is 1.06. The maximum atomic E-state index is 12.5. The first kappa shape index (κ1) is 16.0. The van der Waals surface area contributed by atoms with Crippen LogP contribution in [-0.4, -0.2) is 35.6 Å². The molecule has 0 heterocycles. The summed E-state index contributed by atoms with van der Waals surface area (Å²) in [7, 11) is 0. The molecule has 0 aromatic rings. The van der Waals surface area contributed by atoms with Crippen molar-refractivity contribution in [3.63, 3.8) is 0 Å². The molecule has 0 rings (SSSR count). The molecule has 0 aromatic heterocycles. The van der Waals surface area contributed by atoms with Crippen LogP contribution in [0.1, 0.15) is 33.6 Å². The molecular weight excluding hydrogens is 239 g/mol. The van der Waals surface area contributed by atoms with E-state index in [1.165, 1.54) is 0 Å². The average Bonchev–Trinajstić information content (AvgIpc) is 2.07. The number of alkyl halides is 3. The molecule has 0 spiro atoms. The number of amides is 1. The molecule has 0 saturated heterocycles. The van der Waals surface area contributed by atoms with Gasteiger partial charge in [0.25, 0.3) is 0 Å². The van der Waals surface area contributed by atoms with Crippen LogP contribution in [0.25, 0.3) is 0 Å². The lowest BCUT2D eigenvalue weighted by molar-refractivity contribution is -0.157. The molecular formula is C10H18F3NO3. The molecule has 0 aliphatic carbocycles. The molecule has 0 saturated carbocycles. The van der Waals surface area contributed by atoms with Gasteiger partial charge in [-0.2, -0.15) is 13.2 Å². The lowest BCUT2D eigenvalue weighted by Crippen LogP contribution is -2.47. The Morgan fingerprint density at radius 2 is 1.88 bits per heavy atom. The van der Waals surface area contributed by atoms with Gasteiger partial charge in [0.05, 0.1) is 0 Å². The number of hydrogen-bond donors (Lipinski definition) is 2. The molecule has 4 nitrogen and oxygen atoms in total. The van der Waals surface area contributed by atoms with Crippen molar-refractivity contribution in [3.8, 4) is 0 Å². The molecule has 0 unspecified atom stereocenters. The third kappa shape index (κ3) is 7.84. The highest BCUT2D eigenvalue weighted by Gasteiger charge is 2.40. The molecule has 0 fully saturated rings. The molecule has 0 bridgehead atoms. The van der Waals surface area contributed by atoms with Crippen LogP contribution in [0.3, 0.4) is 0 Å². The second-order valence-corrected chi connectivity index (χ2v) is 4.61. The number of aliphatic hydroxyl groups is 1. The predicted octanol–water partition coefficient (Wildman–Crippen LogP) is 2.21. The number of alkyl carbamates (subject to hydrolysis) is 1. The summed E-state index contributed by atoms with van der Waals surface area (Å²) in [6.45, 7) is 4.32. The van der Waals surface area contributed by atoms with Crippen molar-refractivity contribution in [2.24, 2.45) is 0 Å². The summed E-state index contributed by atoms with van der Waals surface area (Å²) in [5, 5.41) is 10.2. The summed E-state index contributed by atoms with van der Waals surface area (Å²) in [5.41, 5.74) is -0.850. The van der Waals surface area contributed by atoms with Crippen LogP contribution in [-0.2, 0) is 4.74 Å². The number of carbonyl (C=O) groups excluding carboxylic acids is 1. The smallest absolute Gasteiger partial charge is 0.408 e. The fraction of sp³-hybridized carbons (Fsp3) is 0.900. The minimum atomic E-state index is -4.55. The number of ether oxygens (including phenoxy) is 1. The van der Waals surface area contributed by atoms with Crippen molar-refractivity contribution in [1.82, 2.24) is 5.32 Å². The van der Waals surface area contributed by atoms with Gasteiger partial charge >= 0.3 is 12.3 Å². The van der Waals surface area contributed by atoms with E-state index in [2.05, 4.69) is 0 Å². The maximum Gasteiger partial charge on any atom is 0.408 e. The number of hydrogen-bond acceptors (Lipinski definition) is 3. The van der Waals surface area contributed by atoms with E-state index < -0.39 is 23.9 Å². The first-order chi connectivity index (χ1) is 7.56. The highest BCUT2D eigenvalue weighted by molar-refractivity contribution is 5.68. The molecule has 0 radical (unpaired) electrons. The normalized spacial score (nSPS) is 14.3. The first-order valence-corrected chi connectivity index (χ1v) is 5.23. The number of aliphatic hydroxyl groups excluding tert-OH is 1. The number of nitrogens with one attached hydrogen (secondary N) is 1. The van der Waals surface area contributed by atoms with E-state index in [1.54, 1.807) is 26.1 Å². The minimum absolute atomic E-state index is 0.0417. The molecule has 102 valence electrons. The summed E-state index contributed by atoms with van der Waals surface area (Å²) >= 11 is 0. The Hall–Kier alpha value is -0.980. The average molecular weight is 257 g/mol. The first-order valence-electron chi connectivity index (χ1n) is 5.23. The van der Waals surface area contributed by atoms with Crippen LogP contribution in [0.5, 0.6) is 0 Å². The van der Waals surface area contributed by atoms with Crippen molar-refractivity contribution in [2.45, 2.75) is 51.4 Å². The molecule has 7 heteroatoms. The van der Waals surface area contributed by atoms with Crippen LogP contribution in [0.2, 0.25) is 0 Å². The Morgan fingerprint density at radius 1 is 1.35 bits per heavy atom. The minimum Gasteiger partial charge on any atom is -0.444 e. The third-order valence-electron chi connectivity index (χ3n) is 1.74. The Balaban J connectivity index is 4.39. The van der Waals surface area contributed by atoms with Crippen molar-refractivity contribution in [3.05, 3.63) is 0 Å². The molecule has 0 aliphatic heterocycles. The Labute approximate surface area is 98.1 Å². The zero-order valence-electron chi connectivity index (χ0n) is 10.1. The van der Waals surface area contributed by atoms with Gasteiger partial charge in [-0.3, -0.25) is 0 Å². The Kier molecular flexibility index (Phi) is 5.74. The summed E-state index contributed by atoms with van der Waals surface area (Å²) in [6, 6.07) is -2.00. The van der Waals surface area contributed by atoms with Crippen molar-refractivity contribution in [2.75, 3.05) is 6.61 Å². The maximum absolute atomic E-state index is 12.5. The molecule has 1 amide bonds. The fourth-order valence-corrected chi connectivity index (χ4v) is 1.06. The monoisotopic (exact) mass is 257 g/mol. The number of carbonyl (C=O) groups is 1. The molecule has 2 N–H and O–H groups in total. The summed E-state index contributed by atoms with van der Waals surface area (Å²) < 4.78 is 42.2. The van der Waals surface area contributed by atoms with Gasteiger partial charge < -0.3 is 15.2 Å². The summed E-state index contributed by atoms with van der Waals surface area (Å²) in [6.07, 6.45) is -6.08. The summed E-state index contributed by atoms with van der Waals surface area (Å²) in [4.78, 5) is 11.2. The molecule has 1 atom stereocenters. The second kappa shape index (κ2) is 6.09.